The number of non-ortho nitro benzene ring substituents is 1. The van der Waals surface area contributed by atoms with E-state index in [0.717, 1.165) is 12.1 Å². The van der Waals surface area contributed by atoms with Crippen LogP contribution in [0.3, 0.4) is 0 Å². The molecule has 1 rings (SSSR count). The largest absolute Gasteiger partial charge is 0.394 e. The number of halogens is 1. The molecular weight excluding hydrogens is 279 g/mol. The molecule has 0 amide bonds. The van der Waals surface area contributed by atoms with E-state index in [-0.39, 0.29) is 0 Å². The minimum absolute atomic E-state index is 0.485. The van der Waals surface area contributed by atoms with E-state index in [1.54, 1.807) is 0 Å². The van der Waals surface area contributed by atoms with Gasteiger partial charge in [-0.3, -0.25) is 10.1 Å². The molecule has 0 fully saturated rings. The van der Waals surface area contributed by atoms with Crippen molar-refractivity contribution in [2.75, 3.05) is 6.61 Å². The minimum Gasteiger partial charge on any atom is -0.394 e. The van der Waals surface area contributed by atoms with Gasteiger partial charge in [0, 0.05) is 6.07 Å². The highest BCUT2D eigenvalue weighted by molar-refractivity contribution is 7.89. The van der Waals surface area contributed by atoms with E-state index < -0.39 is 43.5 Å². The van der Waals surface area contributed by atoms with Gasteiger partial charge in [-0.2, -0.15) is 0 Å². The first kappa shape index (κ1) is 15.5. The van der Waals surface area contributed by atoms with Crippen LogP contribution >= 0.6 is 0 Å². The lowest BCUT2D eigenvalue weighted by molar-refractivity contribution is -0.385. The normalized spacial score (nSPS) is 12.4. The molecule has 0 spiro atoms. The maximum Gasteiger partial charge on any atom is 0.272 e. The van der Waals surface area contributed by atoms with Gasteiger partial charge in [0.1, 0.15) is 10.7 Å². The molecule has 9 heteroatoms. The van der Waals surface area contributed by atoms with Crippen molar-refractivity contribution in [1.82, 2.24) is 4.72 Å². The van der Waals surface area contributed by atoms with Crippen molar-refractivity contribution in [3.05, 3.63) is 34.1 Å². The predicted octanol–water partition coefficient (Wildman–Crippen LogP) is 0.783. The predicted molar refractivity (Wildman–Crippen MR) is 64.5 cm³/mol. The van der Waals surface area contributed by atoms with Gasteiger partial charge in [0.2, 0.25) is 10.0 Å². The van der Waals surface area contributed by atoms with Crippen LogP contribution in [0, 0.1) is 15.9 Å². The van der Waals surface area contributed by atoms with Crippen LogP contribution in [0.5, 0.6) is 0 Å². The number of nitro groups is 1. The van der Waals surface area contributed by atoms with Crippen LogP contribution < -0.4 is 4.72 Å². The van der Waals surface area contributed by atoms with Crippen molar-refractivity contribution in [2.24, 2.45) is 0 Å². The van der Waals surface area contributed by atoms with Crippen molar-refractivity contribution in [1.29, 1.82) is 0 Å². The summed E-state index contributed by atoms with van der Waals surface area (Å²) in [5, 5.41) is 19.4. The lowest BCUT2D eigenvalue weighted by Gasteiger charge is -2.23. The molecule has 0 radical (unpaired) electrons. The molecule has 0 aliphatic carbocycles. The molecule has 0 aromatic heterocycles. The van der Waals surface area contributed by atoms with Crippen molar-refractivity contribution >= 4 is 15.7 Å². The summed E-state index contributed by atoms with van der Waals surface area (Å²) in [5.74, 6) is -1.23. The standard InChI is InChI=1S/C10H13FN2O5S/c1-10(2,6-14)12-19(17,18)9-4-3-7(13(15)16)5-8(9)11/h3-5,12,14H,6H2,1-2H3. The number of nitrogens with one attached hydrogen (secondary N) is 1. The first-order valence-electron chi connectivity index (χ1n) is 5.18. The summed E-state index contributed by atoms with van der Waals surface area (Å²) in [6.07, 6.45) is 0. The summed E-state index contributed by atoms with van der Waals surface area (Å²) in [6, 6.07) is 2.23. The number of nitrogens with zero attached hydrogens (tertiary/aromatic N) is 1. The molecular formula is C10H13FN2O5S. The Kier molecular flexibility index (Phi) is 4.23. The Balaban J connectivity index is 3.20. The number of sulfonamides is 1. The molecule has 0 saturated heterocycles. The summed E-state index contributed by atoms with van der Waals surface area (Å²) < 4.78 is 39.5. The lowest BCUT2D eigenvalue weighted by Crippen LogP contribution is -2.46. The smallest absolute Gasteiger partial charge is 0.272 e. The van der Waals surface area contributed by atoms with Crippen molar-refractivity contribution in [2.45, 2.75) is 24.3 Å². The van der Waals surface area contributed by atoms with Gasteiger partial charge in [-0.15, -0.1) is 0 Å². The molecule has 0 unspecified atom stereocenters. The summed E-state index contributed by atoms with van der Waals surface area (Å²) >= 11 is 0. The molecule has 1 aromatic carbocycles. The van der Waals surface area contributed by atoms with Gasteiger partial charge in [0.15, 0.2) is 0 Å². The lowest BCUT2D eigenvalue weighted by atomic mass is 10.1. The molecule has 0 bridgehead atoms. The van der Waals surface area contributed by atoms with E-state index in [4.69, 9.17) is 5.11 Å². The molecule has 0 heterocycles. The Hall–Kier alpha value is -1.58. The number of aliphatic hydroxyl groups is 1. The van der Waals surface area contributed by atoms with Crippen molar-refractivity contribution in [3.63, 3.8) is 0 Å². The number of benzene rings is 1. The second-order valence-electron chi connectivity index (χ2n) is 4.52. The zero-order chi connectivity index (χ0) is 14.8. The average molecular weight is 292 g/mol. The molecule has 106 valence electrons. The molecule has 0 aliphatic rings. The van der Waals surface area contributed by atoms with Gasteiger partial charge in [-0.05, 0) is 19.9 Å². The van der Waals surface area contributed by atoms with Crippen LogP contribution in [0.25, 0.3) is 0 Å². The van der Waals surface area contributed by atoms with E-state index in [9.17, 15) is 22.9 Å². The maximum absolute atomic E-state index is 13.6. The van der Waals surface area contributed by atoms with Gasteiger partial charge < -0.3 is 5.11 Å². The Bertz CT molecular complexity index is 600. The molecule has 7 nitrogen and oxygen atoms in total. The van der Waals surface area contributed by atoms with Crippen LogP contribution in [0.15, 0.2) is 23.1 Å². The highest BCUT2D eigenvalue weighted by Crippen LogP contribution is 2.21. The number of hydrogen-bond acceptors (Lipinski definition) is 5. The van der Waals surface area contributed by atoms with Crippen LogP contribution in [-0.2, 0) is 10.0 Å². The van der Waals surface area contributed by atoms with Crippen molar-refractivity contribution in [3.8, 4) is 0 Å². The second kappa shape index (κ2) is 5.19. The third kappa shape index (κ3) is 3.69. The first-order valence-corrected chi connectivity index (χ1v) is 6.66. The zero-order valence-corrected chi connectivity index (χ0v) is 11.1. The number of nitro benzene ring substituents is 1. The third-order valence-electron chi connectivity index (χ3n) is 2.22. The summed E-state index contributed by atoms with van der Waals surface area (Å²) in [4.78, 5) is 8.89. The minimum atomic E-state index is -4.21. The fourth-order valence-corrected chi connectivity index (χ4v) is 2.74. The van der Waals surface area contributed by atoms with E-state index in [2.05, 4.69) is 4.72 Å². The Labute approximate surface area is 109 Å². The highest BCUT2D eigenvalue weighted by Gasteiger charge is 2.28. The van der Waals surface area contributed by atoms with Gasteiger partial charge in [-0.1, -0.05) is 0 Å². The number of hydrogen-bond donors (Lipinski definition) is 2. The van der Waals surface area contributed by atoms with E-state index >= 15 is 0 Å². The molecule has 1 aromatic rings. The molecule has 0 saturated carbocycles. The van der Waals surface area contributed by atoms with E-state index in [0.29, 0.717) is 6.07 Å². The fraction of sp³-hybridized carbons (Fsp3) is 0.400. The monoisotopic (exact) mass is 292 g/mol. The van der Waals surface area contributed by atoms with Crippen LogP contribution in [0.1, 0.15) is 13.8 Å². The van der Waals surface area contributed by atoms with Gasteiger partial charge in [0.25, 0.3) is 5.69 Å². The van der Waals surface area contributed by atoms with Crippen LogP contribution in [0.4, 0.5) is 10.1 Å². The summed E-state index contributed by atoms with van der Waals surface area (Å²) in [5.41, 5.74) is -1.72. The van der Waals surface area contributed by atoms with Gasteiger partial charge >= 0.3 is 0 Å². The molecule has 2 N–H and O–H groups in total. The molecule has 0 atom stereocenters. The number of aliphatic hydroxyl groups excluding tert-OH is 1. The topological polar surface area (TPSA) is 110 Å². The van der Waals surface area contributed by atoms with Crippen LogP contribution in [0.2, 0.25) is 0 Å². The highest BCUT2D eigenvalue weighted by atomic mass is 32.2. The van der Waals surface area contributed by atoms with Crippen molar-refractivity contribution < 1.29 is 22.8 Å². The second-order valence-corrected chi connectivity index (χ2v) is 6.17. The quantitative estimate of drug-likeness (QED) is 0.615. The Morgan fingerprint density at radius 2 is 2.05 bits per heavy atom. The Morgan fingerprint density at radius 3 is 2.47 bits per heavy atom. The number of rotatable bonds is 5. The van der Waals surface area contributed by atoms with Gasteiger partial charge in [0.05, 0.1) is 23.1 Å². The summed E-state index contributed by atoms with van der Waals surface area (Å²) in [7, 11) is -4.21. The zero-order valence-electron chi connectivity index (χ0n) is 10.3. The molecule has 19 heavy (non-hydrogen) atoms. The van der Waals surface area contributed by atoms with E-state index in [1.165, 1.54) is 13.8 Å². The maximum atomic E-state index is 13.6. The summed E-state index contributed by atoms with van der Waals surface area (Å²) in [6.45, 7) is 2.34. The average Bonchev–Trinajstić information content (AvgIpc) is 2.27. The fourth-order valence-electron chi connectivity index (χ4n) is 1.27. The third-order valence-corrected chi connectivity index (χ3v) is 3.95. The van der Waals surface area contributed by atoms with Gasteiger partial charge in [-0.25, -0.2) is 17.5 Å². The SMILES string of the molecule is CC(C)(CO)NS(=O)(=O)c1ccc([N+](=O)[O-])cc1F. The van der Waals surface area contributed by atoms with Crippen LogP contribution in [-0.4, -0.2) is 30.6 Å². The molecule has 0 aliphatic heterocycles. The first-order chi connectivity index (χ1) is 8.59. The Morgan fingerprint density at radius 1 is 1.47 bits per heavy atom. The van der Waals surface area contributed by atoms with E-state index in [1.807, 2.05) is 0 Å².